The molecule has 1 unspecified atom stereocenters. The van der Waals surface area contributed by atoms with E-state index in [9.17, 15) is 18.5 Å². The van der Waals surface area contributed by atoms with Crippen LogP contribution in [0.2, 0.25) is 0 Å². The minimum atomic E-state index is -3.69. The molecular weight excluding hydrogens is 354 g/mol. The molecule has 0 aliphatic carbocycles. The number of hydrogen-bond acceptors (Lipinski definition) is 6. The lowest BCUT2D eigenvalue weighted by atomic mass is 9.90. The summed E-state index contributed by atoms with van der Waals surface area (Å²) in [6.07, 6.45) is 1.90. The standard InChI is InChI=1S/C18H21N3O4S/c1-20-11-10-13(14-6-3-4-8-16(14)20)12-19-15-7-5-9-17(26(2,24)25)18(15)21(22)23/h3-9,13,19H,10-12H2,1-2H3. The summed E-state index contributed by atoms with van der Waals surface area (Å²) in [5.41, 5.74) is 2.19. The van der Waals surface area contributed by atoms with Gasteiger partial charge in [-0.2, -0.15) is 0 Å². The summed E-state index contributed by atoms with van der Waals surface area (Å²) in [6.45, 7) is 1.40. The third kappa shape index (κ3) is 3.50. The van der Waals surface area contributed by atoms with Gasteiger partial charge >= 0.3 is 5.69 Å². The average molecular weight is 375 g/mol. The lowest BCUT2D eigenvalue weighted by Crippen LogP contribution is -2.29. The quantitative estimate of drug-likeness (QED) is 0.638. The largest absolute Gasteiger partial charge is 0.379 e. The van der Waals surface area contributed by atoms with Gasteiger partial charge in [-0.1, -0.05) is 24.3 Å². The fourth-order valence-corrected chi connectivity index (χ4v) is 4.26. The summed E-state index contributed by atoms with van der Waals surface area (Å²) in [4.78, 5) is 12.8. The van der Waals surface area contributed by atoms with Gasteiger partial charge in [-0.3, -0.25) is 10.1 Å². The van der Waals surface area contributed by atoms with Gasteiger partial charge in [-0.15, -0.1) is 0 Å². The zero-order valence-corrected chi connectivity index (χ0v) is 15.5. The number of sulfone groups is 1. The molecule has 0 aromatic heterocycles. The Morgan fingerprint density at radius 3 is 2.65 bits per heavy atom. The molecule has 0 radical (unpaired) electrons. The second-order valence-electron chi connectivity index (χ2n) is 6.53. The average Bonchev–Trinajstić information content (AvgIpc) is 2.60. The predicted octanol–water partition coefficient (Wildman–Crippen LogP) is 3.03. The van der Waals surface area contributed by atoms with Gasteiger partial charge in [0.15, 0.2) is 9.84 Å². The maximum atomic E-state index is 11.9. The van der Waals surface area contributed by atoms with Crippen molar-refractivity contribution in [2.24, 2.45) is 0 Å². The lowest BCUT2D eigenvalue weighted by molar-refractivity contribution is -0.386. The van der Waals surface area contributed by atoms with Crippen LogP contribution in [0.5, 0.6) is 0 Å². The number of nitro benzene ring substituents is 1. The Labute approximate surface area is 152 Å². The molecule has 2 aromatic carbocycles. The number of nitrogens with zero attached hydrogens (tertiary/aromatic N) is 2. The molecule has 2 aromatic rings. The van der Waals surface area contributed by atoms with Gasteiger partial charge in [-0.25, -0.2) is 8.42 Å². The fraction of sp³-hybridized carbons (Fsp3) is 0.333. The van der Waals surface area contributed by atoms with Crippen LogP contribution in [-0.4, -0.2) is 39.7 Å². The van der Waals surface area contributed by atoms with Crippen molar-refractivity contribution in [2.75, 3.05) is 36.6 Å². The number of anilines is 2. The highest BCUT2D eigenvalue weighted by Crippen LogP contribution is 2.36. The first-order chi connectivity index (χ1) is 12.3. The number of hydrogen-bond donors (Lipinski definition) is 1. The number of nitro groups is 1. The summed E-state index contributed by atoms with van der Waals surface area (Å²) in [5, 5.41) is 14.6. The van der Waals surface area contributed by atoms with E-state index in [1.54, 1.807) is 6.07 Å². The van der Waals surface area contributed by atoms with Crippen molar-refractivity contribution in [1.82, 2.24) is 0 Å². The Morgan fingerprint density at radius 2 is 1.96 bits per heavy atom. The Hall–Kier alpha value is -2.61. The number of nitrogens with one attached hydrogen (secondary N) is 1. The van der Waals surface area contributed by atoms with Crippen LogP contribution < -0.4 is 10.2 Å². The topological polar surface area (TPSA) is 92.6 Å². The van der Waals surface area contributed by atoms with Gasteiger partial charge in [0.2, 0.25) is 0 Å². The summed E-state index contributed by atoms with van der Waals surface area (Å²) in [5.74, 6) is 0.198. The number of benzene rings is 2. The number of fused-ring (bicyclic) bond motifs is 1. The molecule has 1 aliphatic rings. The third-order valence-corrected chi connectivity index (χ3v) is 5.85. The van der Waals surface area contributed by atoms with Gasteiger partial charge in [0.25, 0.3) is 0 Å². The van der Waals surface area contributed by atoms with Crippen LogP contribution in [0.15, 0.2) is 47.4 Å². The highest BCUT2D eigenvalue weighted by molar-refractivity contribution is 7.90. The minimum Gasteiger partial charge on any atom is -0.379 e. The van der Waals surface area contributed by atoms with E-state index < -0.39 is 20.4 Å². The lowest BCUT2D eigenvalue weighted by Gasteiger charge is -2.33. The monoisotopic (exact) mass is 375 g/mol. The van der Waals surface area contributed by atoms with Gasteiger partial charge in [0.05, 0.1) is 4.92 Å². The molecule has 0 fully saturated rings. The maximum Gasteiger partial charge on any atom is 0.310 e. The van der Waals surface area contributed by atoms with E-state index in [-0.39, 0.29) is 16.5 Å². The first kappa shape index (κ1) is 18.2. The second-order valence-corrected chi connectivity index (χ2v) is 8.51. The smallest absolute Gasteiger partial charge is 0.310 e. The van der Waals surface area contributed by atoms with Crippen LogP contribution >= 0.6 is 0 Å². The molecule has 0 bridgehead atoms. The maximum absolute atomic E-state index is 11.9. The highest BCUT2D eigenvalue weighted by Gasteiger charge is 2.27. The molecule has 1 heterocycles. The Kier molecular flexibility index (Phi) is 4.86. The first-order valence-corrected chi connectivity index (χ1v) is 10.2. The van der Waals surface area contributed by atoms with Crippen molar-refractivity contribution in [3.05, 3.63) is 58.1 Å². The van der Waals surface area contributed by atoms with Crippen molar-refractivity contribution in [3.63, 3.8) is 0 Å². The predicted molar refractivity (Wildman–Crippen MR) is 102 cm³/mol. The Balaban J connectivity index is 1.90. The van der Waals surface area contributed by atoms with Gasteiger partial charge in [0.1, 0.15) is 10.6 Å². The zero-order chi connectivity index (χ0) is 18.9. The second kappa shape index (κ2) is 6.95. The normalized spacial score (nSPS) is 16.8. The highest BCUT2D eigenvalue weighted by atomic mass is 32.2. The van der Waals surface area contributed by atoms with E-state index in [1.807, 2.05) is 19.2 Å². The van der Waals surface area contributed by atoms with E-state index in [0.29, 0.717) is 6.54 Å². The zero-order valence-electron chi connectivity index (χ0n) is 14.7. The molecule has 138 valence electrons. The summed E-state index contributed by atoms with van der Waals surface area (Å²) < 4.78 is 23.8. The summed E-state index contributed by atoms with van der Waals surface area (Å²) in [7, 11) is -1.64. The van der Waals surface area contributed by atoms with Crippen LogP contribution in [0.3, 0.4) is 0 Å². The number of rotatable bonds is 5. The molecule has 8 heteroatoms. The molecule has 1 atom stereocenters. The molecule has 0 saturated heterocycles. The van der Waals surface area contributed by atoms with Crippen molar-refractivity contribution in [1.29, 1.82) is 0 Å². The van der Waals surface area contributed by atoms with Crippen LogP contribution in [0, 0.1) is 10.1 Å². The third-order valence-electron chi connectivity index (χ3n) is 4.72. The number of para-hydroxylation sites is 2. The summed E-state index contributed by atoms with van der Waals surface area (Å²) in [6, 6.07) is 12.4. The minimum absolute atomic E-state index is 0.198. The van der Waals surface area contributed by atoms with Gasteiger partial charge < -0.3 is 10.2 Å². The molecule has 0 saturated carbocycles. The fourth-order valence-electron chi connectivity index (χ4n) is 3.40. The molecule has 0 amide bonds. The Morgan fingerprint density at radius 1 is 1.23 bits per heavy atom. The SMILES string of the molecule is CN1CCC(CNc2cccc(S(C)(=O)=O)c2[N+](=O)[O-])c2ccccc21. The van der Waals surface area contributed by atoms with E-state index in [2.05, 4.69) is 22.3 Å². The van der Waals surface area contributed by atoms with Crippen molar-refractivity contribution >= 4 is 26.9 Å². The van der Waals surface area contributed by atoms with Crippen molar-refractivity contribution in [3.8, 4) is 0 Å². The van der Waals surface area contributed by atoms with Crippen LogP contribution in [0.4, 0.5) is 17.1 Å². The van der Waals surface area contributed by atoms with Gasteiger partial charge in [0, 0.05) is 38.0 Å². The molecule has 7 nitrogen and oxygen atoms in total. The molecule has 0 spiro atoms. The van der Waals surface area contributed by atoms with Gasteiger partial charge in [-0.05, 0) is 30.2 Å². The van der Waals surface area contributed by atoms with E-state index >= 15 is 0 Å². The summed E-state index contributed by atoms with van der Waals surface area (Å²) >= 11 is 0. The molecule has 1 N–H and O–H groups in total. The van der Waals surface area contributed by atoms with Crippen molar-refractivity contribution < 1.29 is 13.3 Å². The van der Waals surface area contributed by atoms with E-state index in [1.165, 1.54) is 17.7 Å². The van der Waals surface area contributed by atoms with E-state index in [0.717, 1.165) is 24.9 Å². The molecule has 3 rings (SSSR count). The van der Waals surface area contributed by atoms with Crippen LogP contribution in [-0.2, 0) is 9.84 Å². The Bertz CT molecular complexity index is 943. The van der Waals surface area contributed by atoms with Crippen LogP contribution in [0.1, 0.15) is 17.9 Å². The molecular formula is C18H21N3O4S. The van der Waals surface area contributed by atoms with Crippen molar-refractivity contribution in [2.45, 2.75) is 17.2 Å². The molecule has 26 heavy (non-hydrogen) atoms. The van der Waals surface area contributed by atoms with E-state index in [4.69, 9.17) is 0 Å². The molecule has 1 aliphatic heterocycles. The van der Waals surface area contributed by atoms with Crippen LogP contribution in [0.25, 0.3) is 0 Å². The first-order valence-electron chi connectivity index (χ1n) is 8.30.